The molecule has 1 atom stereocenters. The first-order valence-electron chi connectivity index (χ1n) is 4.33. The quantitative estimate of drug-likeness (QED) is 0.459. The van der Waals surface area contributed by atoms with Gasteiger partial charge in [-0.15, -0.1) is 0 Å². The number of esters is 1. The van der Waals surface area contributed by atoms with Gasteiger partial charge in [-0.1, -0.05) is 0 Å². The summed E-state index contributed by atoms with van der Waals surface area (Å²) in [6.07, 6.45) is -0.442. The van der Waals surface area contributed by atoms with E-state index in [-0.39, 0.29) is 18.3 Å². The Morgan fingerprint density at radius 2 is 2.00 bits per heavy atom. The van der Waals surface area contributed by atoms with Gasteiger partial charge in [0, 0.05) is 6.61 Å². The average molecular weight is 188 g/mol. The molecule has 1 unspecified atom stereocenters. The highest BCUT2D eigenvalue weighted by Gasteiger charge is 2.10. The molecule has 13 heavy (non-hydrogen) atoms. The third-order valence-corrected chi connectivity index (χ3v) is 1.28. The van der Waals surface area contributed by atoms with Crippen molar-refractivity contribution in [3.8, 4) is 0 Å². The number of rotatable bonds is 6. The van der Waals surface area contributed by atoms with Crippen LogP contribution in [0.5, 0.6) is 0 Å². The van der Waals surface area contributed by atoms with Crippen molar-refractivity contribution in [3.63, 3.8) is 0 Å². The number of carbonyl (C=O) groups is 2. The van der Waals surface area contributed by atoms with Crippen LogP contribution in [0.3, 0.4) is 0 Å². The predicted octanol–water partition coefficient (Wildman–Crippen LogP) is 0.934. The average Bonchev–Trinajstić information content (AvgIpc) is 1.98. The lowest BCUT2D eigenvalue weighted by molar-refractivity contribution is -0.152. The number of hydrogen-bond donors (Lipinski definition) is 0. The van der Waals surface area contributed by atoms with Crippen molar-refractivity contribution in [3.05, 3.63) is 0 Å². The van der Waals surface area contributed by atoms with E-state index in [0.29, 0.717) is 13.2 Å². The van der Waals surface area contributed by atoms with Crippen LogP contribution in [-0.4, -0.2) is 31.1 Å². The molecule has 0 fully saturated rings. The summed E-state index contributed by atoms with van der Waals surface area (Å²) >= 11 is 0. The molecule has 4 nitrogen and oxygen atoms in total. The molecule has 0 N–H and O–H groups in total. The molecular weight excluding hydrogens is 172 g/mol. The Hall–Kier alpha value is -0.900. The van der Waals surface area contributed by atoms with Gasteiger partial charge in [-0.3, -0.25) is 9.59 Å². The van der Waals surface area contributed by atoms with Crippen LogP contribution in [0.15, 0.2) is 0 Å². The highest BCUT2D eigenvalue weighted by molar-refractivity contribution is 5.94. The lowest BCUT2D eigenvalue weighted by atomic mass is 10.3. The summed E-state index contributed by atoms with van der Waals surface area (Å²) in [7, 11) is 0. The first-order chi connectivity index (χ1) is 6.06. The van der Waals surface area contributed by atoms with Gasteiger partial charge in [0.1, 0.15) is 18.3 Å². The van der Waals surface area contributed by atoms with Crippen LogP contribution in [0.4, 0.5) is 0 Å². The van der Waals surface area contributed by atoms with Crippen molar-refractivity contribution in [2.24, 2.45) is 0 Å². The zero-order valence-corrected chi connectivity index (χ0v) is 8.33. The first-order valence-corrected chi connectivity index (χ1v) is 4.33. The molecule has 0 spiro atoms. The van der Waals surface area contributed by atoms with Gasteiger partial charge >= 0.3 is 5.97 Å². The molecule has 0 aliphatic rings. The van der Waals surface area contributed by atoms with E-state index >= 15 is 0 Å². The van der Waals surface area contributed by atoms with E-state index in [9.17, 15) is 9.59 Å². The smallest absolute Gasteiger partial charge is 0.313 e. The Balaban J connectivity index is 3.59. The molecule has 0 aliphatic carbocycles. The molecule has 76 valence electrons. The van der Waals surface area contributed by atoms with Gasteiger partial charge in [0.25, 0.3) is 0 Å². The maximum atomic E-state index is 10.9. The Bertz CT molecular complexity index is 176. The Kier molecular flexibility index (Phi) is 6.14. The first kappa shape index (κ1) is 12.1. The summed E-state index contributed by atoms with van der Waals surface area (Å²) in [5, 5.41) is 0. The number of hydrogen-bond acceptors (Lipinski definition) is 4. The van der Waals surface area contributed by atoms with E-state index in [0.717, 1.165) is 0 Å². The van der Waals surface area contributed by atoms with Gasteiger partial charge in [-0.25, -0.2) is 0 Å². The normalized spacial score (nSPS) is 12.2. The summed E-state index contributed by atoms with van der Waals surface area (Å²) < 4.78 is 9.92. The molecule has 0 saturated heterocycles. The molecule has 0 amide bonds. The molecular formula is C9H16O4. The summed E-state index contributed by atoms with van der Waals surface area (Å²) in [6, 6.07) is 0. The standard InChI is InChI=1S/C9H16O4/c1-4-12-6-8(3)13-9(11)5-7(2)10/h8H,4-6H2,1-3H3. The molecule has 0 aromatic rings. The summed E-state index contributed by atoms with van der Waals surface area (Å²) in [5.74, 6) is -0.673. The minimum Gasteiger partial charge on any atom is -0.460 e. The highest BCUT2D eigenvalue weighted by atomic mass is 16.6. The molecule has 0 bridgehead atoms. The summed E-state index contributed by atoms with van der Waals surface area (Å²) in [6.45, 7) is 5.92. The second-order valence-corrected chi connectivity index (χ2v) is 2.84. The van der Waals surface area contributed by atoms with Crippen molar-refractivity contribution in [1.29, 1.82) is 0 Å². The topological polar surface area (TPSA) is 52.6 Å². The van der Waals surface area contributed by atoms with Gasteiger partial charge in [0.2, 0.25) is 0 Å². The van der Waals surface area contributed by atoms with Crippen molar-refractivity contribution in [1.82, 2.24) is 0 Å². The van der Waals surface area contributed by atoms with E-state index in [4.69, 9.17) is 9.47 Å². The zero-order chi connectivity index (χ0) is 10.3. The molecule has 0 aliphatic heterocycles. The number of Topliss-reactive ketones (excluding diaryl/α,β-unsaturated/α-hetero) is 1. The van der Waals surface area contributed by atoms with Crippen molar-refractivity contribution >= 4 is 11.8 Å². The largest absolute Gasteiger partial charge is 0.460 e. The second-order valence-electron chi connectivity index (χ2n) is 2.84. The maximum absolute atomic E-state index is 10.9. The lowest BCUT2D eigenvalue weighted by Crippen LogP contribution is -2.21. The molecule has 0 radical (unpaired) electrons. The van der Waals surface area contributed by atoms with Gasteiger partial charge in [-0.05, 0) is 20.8 Å². The molecule has 4 heteroatoms. The van der Waals surface area contributed by atoms with Crippen molar-refractivity contribution in [2.45, 2.75) is 33.3 Å². The van der Waals surface area contributed by atoms with E-state index in [2.05, 4.69) is 0 Å². The van der Waals surface area contributed by atoms with Crippen LogP contribution >= 0.6 is 0 Å². The molecule has 0 rings (SSSR count). The third kappa shape index (κ3) is 7.46. The highest BCUT2D eigenvalue weighted by Crippen LogP contribution is 1.96. The van der Waals surface area contributed by atoms with Crippen LogP contribution in [-0.2, 0) is 19.1 Å². The number of carbonyl (C=O) groups excluding carboxylic acids is 2. The van der Waals surface area contributed by atoms with E-state index < -0.39 is 5.97 Å². The molecule has 0 heterocycles. The van der Waals surface area contributed by atoms with E-state index in [1.54, 1.807) is 6.92 Å². The van der Waals surface area contributed by atoms with Gasteiger partial charge in [0.05, 0.1) is 6.61 Å². The minimum atomic E-state index is -0.486. The van der Waals surface area contributed by atoms with Gasteiger partial charge in [0.15, 0.2) is 0 Å². The second kappa shape index (κ2) is 6.60. The van der Waals surface area contributed by atoms with Crippen LogP contribution < -0.4 is 0 Å². The predicted molar refractivity (Wildman–Crippen MR) is 47.3 cm³/mol. The Labute approximate surface area is 78.2 Å². The van der Waals surface area contributed by atoms with E-state index in [1.807, 2.05) is 6.92 Å². The Morgan fingerprint density at radius 3 is 2.46 bits per heavy atom. The monoisotopic (exact) mass is 188 g/mol. The molecule has 0 aromatic carbocycles. The summed E-state index contributed by atoms with van der Waals surface area (Å²) in [5.41, 5.74) is 0. The maximum Gasteiger partial charge on any atom is 0.313 e. The van der Waals surface area contributed by atoms with Crippen molar-refractivity contribution in [2.75, 3.05) is 13.2 Å². The lowest BCUT2D eigenvalue weighted by Gasteiger charge is -2.11. The SMILES string of the molecule is CCOCC(C)OC(=O)CC(C)=O. The summed E-state index contributed by atoms with van der Waals surface area (Å²) in [4.78, 5) is 21.4. The Morgan fingerprint density at radius 1 is 1.38 bits per heavy atom. The van der Waals surface area contributed by atoms with Gasteiger partial charge < -0.3 is 9.47 Å². The fourth-order valence-corrected chi connectivity index (χ4v) is 0.787. The molecule has 0 saturated carbocycles. The zero-order valence-electron chi connectivity index (χ0n) is 8.33. The number of ketones is 1. The third-order valence-electron chi connectivity index (χ3n) is 1.28. The van der Waals surface area contributed by atoms with Crippen LogP contribution in [0.2, 0.25) is 0 Å². The van der Waals surface area contributed by atoms with Crippen LogP contribution in [0, 0.1) is 0 Å². The van der Waals surface area contributed by atoms with Crippen molar-refractivity contribution < 1.29 is 19.1 Å². The van der Waals surface area contributed by atoms with E-state index in [1.165, 1.54) is 6.92 Å². The van der Waals surface area contributed by atoms with Gasteiger partial charge in [-0.2, -0.15) is 0 Å². The fraction of sp³-hybridized carbons (Fsp3) is 0.778. The number of ether oxygens (including phenoxy) is 2. The van der Waals surface area contributed by atoms with Crippen LogP contribution in [0.1, 0.15) is 27.2 Å². The van der Waals surface area contributed by atoms with Crippen LogP contribution in [0.25, 0.3) is 0 Å². The molecule has 0 aromatic heterocycles. The fourth-order valence-electron chi connectivity index (χ4n) is 0.787. The minimum absolute atomic E-state index is 0.156.